The van der Waals surface area contributed by atoms with Crippen LogP contribution in [0.25, 0.3) is 10.6 Å². The highest BCUT2D eigenvalue weighted by molar-refractivity contribution is 7.13. The highest BCUT2D eigenvalue weighted by Gasteiger charge is 2.15. The number of likely N-dealkylation sites (tertiary alicyclic amines) is 1. The van der Waals surface area contributed by atoms with Crippen molar-refractivity contribution in [1.29, 1.82) is 0 Å². The van der Waals surface area contributed by atoms with Crippen molar-refractivity contribution in [2.24, 2.45) is 0 Å². The summed E-state index contributed by atoms with van der Waals surface area (Å²) < 4.78 is 12.9. The molecule has 4 nitrogen and oxygen atoms in total. The molecule has 0 bridgehead atoms. The van der Waals surface area contributed by atoms with E-state index >= 15 is 0 Å². The van der Waals surface area contributed by atoms with Gasteiger partial charge in [0.15, 0.2) is 0 Å². The summed E-state index contributed by atoms with van der Waals surface area (Å²) in [5.41, 5.74) is 1.87. The minimum atomic E-state index is -0.244. The van der Waals surface area contributed by atoms with Gasteiger partial charge in [-0.25, -0.2) is 14.2 Å². The van der Waals surface area contributed by atoms with Gasteiger partial charge in [-0.1, -0.05) is 0 Å². The summed E-state index contributed by atoms with van der Waals surface area (Å²) in [7, 11) is 0. The third kappa shape index (κ3) is 4.28. The number of hydrogen-bond acceptors (Lipinski definition) is 3. The van der Waals surface area contributed by atoms with Crippen LogP contribution in [0.1, 0.15) is 25.0 Å². The van der Waals surface area contributed by atoms with E-state index in [1.807, 2.05) is 10.3 Å². The number of nitrogens with one attached hydrogen (secondary N) is 1. The number of nitrogens with zero attached hydrogens (tertiary/aromatic N) is 2. The second kappa shape index (κ2) is 7.55. The van der Waals surface area contributed by atoms with Crippen LogP contribution in [0.2, 0.25) is 0 Å². The van der Waals surface area contributed by atoms with Crippen LogP contribution in [-0.2, 0) is 6.42 Å². The van der Waals surface area contributed by atoms with Crippen LogP contribution < -0.4 is 5.32 Å². The molecule has 2 amide bonds. The van der Waals surface area contributed by atoms with Gasteiger partial charge in [0.1, 0.15) is 10.8 Å². The van der Waals surface area contributed by atoms with E-state index in [2.05, 4.69) is 10.3 Å². The van der Waals surface area contributed by atoms with Crippen LogP contribution in [0, 0.1) is 5.82 Å². The quantitative estimate of drug-likeness (QED) is 0.927. The van der Waals surface area contributed by atoms with Gasteiger partial charge in [0.05, 0.1) is 5.69 Å². The number of carbonyl (C=O) groups excluding carboxylic acids is 1. The topological polar surface area (TPSA) is 45.2 Å². The molecule has 0 radical (unpaired) electrons. The Bertz CT molecular complexity index is 650. The van der Waals surface area contributed by atoms with Gasteiger partial charge in [-0.15, -0.1) is 11.3 Å². The van der Waals surface area contributed by atoms with Crippen LogP contribution in [0.3, 0.4) is 0 Å². The summed E-state index contributed by atoms with van der Waals surface area (Å²) in [6.07, 6.45) is 4.12. The molecule has 1 fully saturated rings. The number of benzene rings is 1. The SMILES string of the molecule is O=C(NCCc1csc(-c2ccc(F)cc2)n1)N1CCCCC1. The number of urea groups is 1. The molecule has 1 aromatic heterocycles. The number of rotatable bonds is 4. The van der Waals surface area contributed by atoms with E-state index in [-0.39, 0.29) is 11.8 Å². The molecule has 1 saturated heterocycles. The molecule has 6 heteroatoms. The number of carbonyl (C=O) groups is 1. The van der Waals surface area contributed by atoms with E-state index in [9.17, 15) is 9.18 Å². The fourth-order valence-corrected chi connectivity index (χ4v) is 3.51. The largest absolute Gasteiger partial charge is 0.338 e. The monoisotopic (exact) mass is 333 g/mol. The van der Waals surface area contributed by atoms with Gasteiger partial charge in [-0.05, 0) is 43.5 Å². The van der Waals surface area contributed by atoms with E-state index in [0.29, 0.717) is 13.0 Å². The summed E-state index contributed by atoms with van der Waals surface area (Å²) in [6.45, 7) is 2.30. The summed E-state index contributed by atoms with van der Waals surface area (Å²) in [5, 5.41) is 5.83. The maximum Gasteiger partial charge on any atom is 0.317 e. The molecule has 0 saturated carbocycles. The van der Waals surface area contributed by atoms with Crippen molar-refractivity contribution in [3.63, 3.8) is 0 Å². The van der Waals surface area contributed by atoms with Crippen LogP contribution in [0.4, 0.5) is 9.18 Å². The van der Waals surface area contributed by atoms with Gasteiger partial charge in [0, 0.05) is 37.0 Å². The highest BCUT2D eigenvalue weighted by atomic mass is 32.1. The minimum absolute atomic E-state index is 0.0266. The number of thiazole rings is 1. The van der Waals surface area contributed by atoms with Crippen molar-refractivity contribution in [2.45, 2.75) is 25.7 Å². The maximum atomic E-state index is 12.9. The molecule has 1 aliphatic rings. The van der Waals surface area contributed by atoms with Crippen molar-refractivity contribution in [3.05, 3.63) is 41.2 Å². The Labute approximate surface area is 139 Å². The zero-order valence-corrected chi connectivity index (χ0v) is 13.7. The molecule has 3 rings (SSSR count). The first kappa shape index (κ1) is 15.9. The Morgan fingerprint density at radius 1 is 1.22 bits per heavy atom. The van der Waals surface area contributed by atoms with Crippen molar-refractivity contribution >= 4 is 17.4 Å². The first-order chi connectivity index (χ1) is 11.2. The smallest absolute Gasteiger partial charge is 0.317 e. The van der Waals surface area contributed by atoms with E-state index in [4.69, 9.17) is 0 Å². The van der Waals surface area contributed by atoms with Gasteiger partial charge < -0.3 is 10.2 Å². The number of hydrogen-bond donors (Lipinski definition) is 1. The van der Waals surface area contributed by atoms with Gasteiger partial charge in [0.2, 0.25) is 0 Å². The normalized spacial score (nSPS) is 14.7. The minimum Gasteiger partial charge on any atom is -0.338 e. The first-order valence-corrected chi connectivity index (χ1v) is 8.83. The van der Waals surface area contributed by atoms with Crippen LogP contribution in [0.15, 0.2) is 29.6 Å². The second-order valence-corrected chi connectivity index (χ2v) is 6.54. The predicted molar refractivity (Wildman–Crippen MR) is 90.0 cm³/mol. The summed E-state index contributed by atoms with van der Waals surface area (Å²) in [4.78, 5) is 18.4. The van der Waals surface area contributed by atoms with Crippen LogP contribution in [0.5, 0.6) is 0 Å². The number of piperidine rings is 1. The Morgan fingerprint density at radius 3 is 2.70 bits per heavy atom. The Kier molecular flexibility index (Phi) is 5.23. The lowest BCUT2D eigenvalue weighted by Crippen LogP contribution is -2.43. The molecule has 0 aliphatic carbocycles. The highest BCUT2D eigenvalue weighted by Crippen LogP contribution is 2.23. The summed E-state index contributed by atoms with van der Waals surface area (Å²) >= 11 is 1.54. The molecule has 0 unspecified atom stereocenters. The van der Waals surface area contributed by atoms with E-state index in [0.717, 1.165) is 42.2 Å². The molecule has 2 aromatic rings. The molecule has 122 valence electrons. The second-order valence-electron chi connectivity index (χ2n) is 5.68. The van der Waals surface area contributed by atoms with Gasteiger partial charge >= 0.3 is 6.03 Å². The predicted octanol–water partition coefficient (Wildman–Crippen LogP) is 3.69. The molecule has 2 heterocycles. The van der Waals surface area contributed by atoms with E-state index in [1.165, 1.54) is 29.9 Å². The number of amides is 2. The van der Waals surface area contributed by atoms with Gasteiger partial charge in [0.25, 0.3) is 0 Å². The maximum absolute atomic E-state index is 12.9. The molecule has 0 spiro atoms. The first-order valence-electron chi connectivity index (χ1n) is 7.95. The van der Waals surface area contributed by atoms with Crippen molar-refractivity contribution in [2.75, 3.05) is 19.6 Å². The number of halogens is 1. The lowest BCUT2D eigenvalue weighted by Gasteiger charge is -2.26. The van der Waals surface area contributed by atoms with Crippen LogP contribution in [-0.4, -0.2) is 35.5 Å². The third-order valence-electron chi connectivity index (χ3n) is 3.94. The standard InChI is InChI=1S/C17H20FN3OS/c18-14-6-4-13(5-7-14)16-20-15(12-23-16)8-9-19-17(22)21-10-2-1-3-11-21/h4-7,12H,1-3,8-11H2,(H,19,22). The average molecular weight is 333 g/mol. The molecule has 1 aliphatic heterocycles. The zero-order valence-electron chi connectivity index (χ0n) is 12.9. The van der Waals surface area contributed by atoms with Gasteiger partial charge in [-0.3, -0.25) is 0 Å². The van der Waals surface area contributed by atoms with Crippen molar-refractivity contribution in [1.82, 2.24) is 15.2 Å². The van der Waals surface area contributed by atoms with Crippen LogP contribution >= 0.6 is 11.3 Å². The molecule has 1 aromatic carbocycles. The lowest BCUT2D eigenvalue weighted by molar-refractivity contribution is 0.186. The number of aromatic nitrogens is 1. The Hall–Kier alpha value is -1.95. The fraction of sp³-hybridized carbons (Fsp3) is 0.412. The lowest BCUT2D eigenvalue weighted by atomic mass is 10.1. The molecule has 1 N–H and O–H groups in total. The molecular formula is C17H20FN3OS. The molecule has 0 atom stereocenters. The fourth-order valence-electron chi connectivity index (χ4n) is 2.65. The van der Waals surface area contributed by atoms with E-state index < -0.39 is 0 Å². The Morgan fingerprint density at radius 2 is 1.96 bits per heavy atom. The van der Waals surface area contributed by atoms with Crippen molar-refractivity contribution < 1.29 is 9.18 Å². The average Bonchev–Trinajstić information content (AvgIpc) is 3.05. The molecule has 23 heavy (non-hydrogen) atoms. The van der Waals surface area contributed by atoms with Gasteiger partial charge in [-0.2, -0.15) is 0 Å². The summed E-state index contributed by atoms with van der Waals surface area (Å²) in [5.74, 6) is -0.244. The van der Waals surface area contributed by atoms with Crippen molar-refractivity contribution in [3.8, 4) is 10.6 Å². The zero-order chi connectivity index (χ0) is 16.1. The third-order valence-corrected chi connectivity index (χ3v) is 4.88. The van der Waals surface area contributed by atoms with E-state index in [1.54, 1.807) is 12.1 Å². The molecular weight excluding hydrogens is 313 g/mol. The summed E-state index contributed by atoms with van der Waals surface area (Å²) in [6, 6.07) is 6.37. The Balaban J connectivity index is 1.49.